The standard InChI is InChI=1S/C13H16N4O2S2/c14-13(20)12-4-2-1-3-10(12)8-21(18,19)17-6-5-11-7-15-9-16-11/h1-4,7,9,17H,5-6,8H2,(H2,14,20)(H,15,16). The summed E-state index contributed by atoms with van der Waals surface area (Å²) in [5, 5.41) is 0. The molecule has 0 atom stereocenters. The molecule has 21 heavy (non-hydrogen) atoms. The minimum Gasteiger partial charge on any atom is -0.389 e. The molecule has 4 N–H and O–H groups in total. The molecule has 2 rings (SSSR count). The molecule has 112 valence electrons. The van der Waals surface area contributed by atoms with E-state index in [4.69, 9.17) is 18.0 Å². The second-order valence-electron chi connectivity index (χ2n) is 4.50. The van der Waals surface area contributed by atoms with E-state index in [-0.39, 0.29) is 10.7 Å². The number of H-pyrrole nitrogens is 1. The molecule has 0 aliphatic rings. The molecule has 0 fully saturated rings. The third-order valence-electron chi connectivity index (χ3n) is 2.90. The summed E-state index contributed by atoms with van der Waals surface area (Å²) >= 11 is 4.93. The summed E-state index contributed by atoms with van der Waals surface area (Å²) in [5.74, 6) is -0.149. The molecule has 1 aromatic heterocycles. The van der Waals surface area contributed by atoms with Crippen LogP contribution in [0, 0.1) is 0 Å². The summed E-state index contributed by atoms with van der Waals surface area (Å²) in [7, 11) is -3.44. The molecule has 0 amide bonds. The topological polar surface area (TPSA) is 101 Å². The molecular weight excluding hydrogens is 308 g/mol. The van der Waals surface area contributed by atoms with Crippen molar-refractivity contribution in [3.63, 3.8) is 0 Å². The smallest absolute Gasteiger partial charge is 0.215 e. The fourth-order valence-electron chi connectivity index (χ4n) is 1.90. The maximum Gasteiger partial charge on any atom is 0.215 e. The molecular formula is C13H16N4O2S2. The van der Waals surface area contributed by atoms with Gasteiger partial charge in [-0.15, -0.1) is 0 Å². The lowest BCUT2D eigenvalue weighted by molar-refractivity contribution is 0.580. The SMILES string of the molecule is NC(=S)c1ccccc1CS(=O)(=O)NCCc1cnc[nH]1. The maximum absolute atomic E-state index is 12.1. The molecule has 0 spiro atoms. The fraction of sp³-hybridized carbons (Fsp3) is 0.231. The Morgan fingerprint density at radius 3 is 2.81 bits per heavy atom. The monoisotopic (exact) mass is 324 g/mol. The molecule has 1 aromatic carbocycles. The van der Waals surface area contributed by atoms with Crippen LogP contribution in [-0.2, 0) is 22.2 Å². The lowest BCUT2D eigenvalue weighted by Crippen LogP contribution is -2.28. The zero-order chi connectivity index (χ0) is 15.3. The van der Waals surface area contributed by atoms with Crippen molar-refractivity contribution >= 4 is 27.2 Å². The van der Waals surface area contributed by atoms with E-state index in [1.165, 1.54) is 0 Å². The summed E-state index contributed by atoms with van der Waals surface area (Å²) in [5.41, 5.74) is 7.66. The average molecular weight is 324 g/mol. The second kappa shape index (κ2) is 6.79. The first kappa shape index (κ1) is 15.6. The summed E-state index contributed by atoms with van der Waals surface area (Å²) in [6.07, 6.45) is 3.77. The first-order valence-corrected chi connectivity index (χ1v) is 8.36. The van der Waals surface area contributed by atoms with Crippen LogP contribution in [0.3, 0.4) is 0 Å². The number of hydrogen-bond donors (Lipinski definition) is 3. The van der Waals surface area contributed by atoms with Crippen LogP contribution in [-0.4, -0.2) is 29.9 Å². The quantitative estimate of drug-likeness (QED) is 0.651. The highest BCUT2D eigenvalue weighted by Crippen LogP contribution is 2.12. The number of rotatable bonds is 7. The molecule has 2 aromatic rings. The lowest BCUT2D eigenvalue weighted by atomic mass is 10.1. The van der Waals surface area contributed by atoms with Gasteiger partial charge in [-0.05, 0) is 5.56 Å². The molecule has 0 aliphatic heterocycles. The predicted molar refractivity (Wildman–Crippen MR) is 85.2 cm³/mol. The molecule has 6 nitrogen and oxygen atoms in total. The number of hydrogen-bond acceptors (Lipinski definition) is 4. The number of nitrogens with one attached hydrogen (secondary N) is 2. The van der Waals surface area contributed by atoms with Crippen LogP contribution in [0.5, 0.6) is 0 Å². The van der Waals surface area contributed by atoms with Gasteiger partial charge in [-0.1, -0.05) is 36.5 Å². The Balaban J connectivity index is 1.99. The number of benzene rings is 1. The Bertz CT molecular complexity index is 712. The first-order valence-electron chi connectivity index (χ1n) is 6.30. The number of thiocarbonyl (C=S) groups is 1. The lowest BCUT2D eigenvalue weighted by Gasteiger charge is -2.09. The van der Waals surface area contributed by atoms with Crippen molar-refractivity contribution in [2.45, 2.75) is 12.2 Å². The van der Waals surface area contributed by atoms with Crippen LogP contribution in [0.25, 0.3) is 0 Å². The highest BCUT2D eigenvalue weighted by molar-refractivity contribution is 7.88. The van der Waals surface area contributed by atoms with E-state index in [2.05, 4.69) is 14.7 Å². The number of imidazole rings is 1. The minimum absolute atomic E-state index is 0.149. The zero-order valence-electron chi connectivity index (χ0n) is 11.2. The van der Waals surface area contributed by atoms with E-state index in [1.54, 1.807) is 36.8 Å². The molecule has 0 unspecified atom stereocenters. The van der Waals surface area contributed by atoms with Gasteiger partial charge in [0.25, 0.3) is 0 Å². The van der Waals surface area contributed by atoms with Gasteiger partial charge in [0.2, 0.25) is 10.0 Å². The van der Waals surface area contributed by atoms with Gasteiger partial charge in [0.1, 0.15) is 4.99 Å². The maximum atomic E-state index is 12.1. The number of aromatic amines is 1. The Kier molecular flexibility index (Phi) is 5.05. The van der Waals surface area contributed by atoms with Crippen LogP contribution in [0.2, 0.25) is 0 Å². The van der Waals surface area contributed by atoms with Gasteiger partial charge in [-0.25, -0.2) is 18.1 Å². The van der Waals surface area contributed by atoms with Crippen LogP contribution in [0.4, 0.5) is 0 Å². The van der Waals surface area contributed by atoms with Crippen LogP contribution in [0.15, 0.2) is 36.8 Å². The van der Waals surface area contributed by atoms with Crippen LogP contribution in [0.1, 0.15) is 16.8 Å². The van der Waals surface area contributed by atoms with E-state index in [1.807, 2.05) is 0 Å². The van der Waals surface area contributed by atoms with Gasteiger partial charge in [0.15, 0.2) is 0 Å². The second-order valence-corrected chi connectivity index (χ2v) is 6.75. The van der Waals surface area contributed by atoms with Crippen molar-refractivity contribution in [3.8, 4) is 0 Å². The van der Waals surface area contributed by atoms with Gasteiger partial charge in [-0.3, -0.25) is 0 Å². The Morgan fingerprint density at radius 2 is 2.14 bits per heavy atom. The van der Waals surface area contributed by atoms with Gasteiger partial charge in [0.05, 0.1) is 12.1 Å². The summed E-state index contributed by atoms with van der Waals surface area (Å²) < 4.78 is 26.7. The van der Waals surface area contributed by atoms with E-state index in [0.29, 0.717) is 24.1 Å². The summed E-state index contributed by atoms with van der Waals surface area (Å²) in [4.78, 5) is 6.99. The number of nitrogens with two attached hydrogens (primary N) is 1. The first-order chi connectivity index (χ1) is 9.98. The number of aromatic nitrogens is 2. The van der Waals surface area contributed by atoms with Gasteiger partial charge < -0.3 is 10.7 Å². The normalized spacial score (nSPS) is 11.4. The summed E-state index contributed by atoms with van der Waals surface area (Å²) in [6, 6.07) is 6.97. The molecule has 0 saturated carbocycles. The molecule has 0 bridgehead atoms. The van der Waals surface area contributed by atoms with E-state index < -0.39 is 10.0 Å². The van der Waals surface area contributed by atoms with Crippen LogP contribution < -0.4 is 10.5 Å². The van der Waals surface area contributed by atoms with Crippen molar-refractivity contribution in [1.29, 1.82) is 0 Å². The molecule has 8 heteroatoms. The summed E-state index contributed by atoms with van der Waals surface area (Å²) in [6.45, 7) is 0.305. The number of sulfonamides is 1. The predicted octanol–water partition coefficient (Wildman–Crippen LogP) is 0.706. The van der Waals surface area contributed by atoms with E-state index in [0.717, 1.165) is 5.69 Å². The minimum atomic E-state index is -3.44. The van der Waals surface area contributed by atoms with Crippen molar-refractivity contribution < 1.29 is 8.42 Å². The van der Waals surface area contributed by atoms with Crippen molar-refractivity contribution in [2.75, 3.05) is 6.54 Å². The Morgan fingerprint density at radius 1 is 1.38 bits per heavy atom. The van der Waals surface area contributed by atoms with E-state index >= 15 is 0 Å². The highest BCUT2D eigenvalue weighted by Gasteiger charge is 2.14. The third kappa shape index (κ3) is 4.62. The molecule has 0 aliphatic carbocycles. The van der Waals surface area contributed by atoms with Crippen LogP contribution >= 0.6 is 12.2 Å². The average Bonchev–Trinajstić information content (AvgIpc) is 2.91. The zero-order valence-corrected chi connectivity index (χ0v) is 12.9. The largest absolute Gasteiger partial charge is 0.389 e. The van der Waals surface area contributed by atoms with Crippen molar-refractivity contribution in [2.24, 2.45) is 5.73 Å². The highest BCUT2D eigenvalue weighted by atomic mass is 32.2. The molecule has 0 radical (unpaired) electrons. The van der Waals surface area contributed by atoms with Gasteiger partial charge in [-0.2, -0.15) is 0 Å². The van der Waals surface area contributed by atoms with Crippen molar-refractivity contribution in [3.05, 3.63) is 53.6 Å². The van der Waals surface area contributed by atoms with Crippen molar-refractivity contribution in [1.82, 2.24) is 14.7 Å². The fourth-order valence-corrected chi connectivity index (χ4v) is 3.28. The Labute approximate surface area is 128 Å². The van der Waals surface area contributed by atoms with Gasteiger partial charge >= 0.3 is 0 Å². The van der Waals surface area contributed by atoms with Gasteiger partial charge in [0, 0.05) is 30.4 Å². The number of nitrogens with zero attached hydrogens (tertiary/aromatic N) is 1. The molecule has 0 saturated heterocycles. The third-order valence-corrected chi connectivity index (χ3v) is 4.45. The Hall–Kier alpha value is -1.77. The molecule has 1 heterocycles. The van der Waals surface area contributed by atoms with E-state index in [9.17, 15) is 8.42 Å².